The fraction of sp³-hybridized carbons (Fsp3) is 0.136. The lowest BCUT2D eigenvalue weighted by molar-refractivity contribution is -0.302. The van der Waals surface area contributed by atoms with Gasteiger partial charge in [0.05, 0.1) is 5.56 Å². The number of aromatic amines is 1. The Kier molecular flexibility index (Phi) is 4.99. The van der Waals surface area contributed by atoms with Crippen molar-refractivity contribution in [3.8, 4) is 11.1 Å². The maximum absolute atomic E-state index is 12.8. The normalized spacial score (nSPS) is 13.2. The van der Waals surface area contributed by atoms with Crippen LogP contribution >= 0.6 is 0 Å². The lowest BCUT2D eigenvalue weighted by Gasteiger charge is -2.14. The van der Waals surface area contributed by atoms with Gasteiger partial charge in [-0.25, -0.2) is 4.98 Å². The molecule has 0 bridgehead atoms. The summed E-state index contributed by atoms with van der Waals surface area (Å²) >= 11 is 0. The number of alkyl halides is 3. The molecule has 3 aromatic heterocycles. The van der Waals surface area contributed by atoms with Gasteiger partial charge >= 0.3 is 6.36 Å². The molecule has 1 aliphatic rings. The molecule has 1 amide bonds. The van der Waals surface area contributed by atoms with E-state index in [0.717, 1.165) is 0 Å². The van der Waals surface area contributed by atoms with Gasteiger partial charge in [0.25, 0.3) is 5.91 Å². The first-order valence-corrected chi connectivity index (χ1v) is 9.05. The van der Waals surface area contributed by atoms with Crippen LogP contribution in [0.3, 0.4) is 0 Å². The van der Waals surface area contributed by atoms with Crippen molar-refractivity contribution in [3.05, 3.63) is 77.4 Å². The second-order valence-corrected chi connectivity index (χ2v) is 6.88. The van der Waals surface area contributed by atoms with Gasteiger partial charge in [0, 0.05) is 66.5 Å². The van der Waals surface area contributed by atoms with Crippen molar-refractivity contribution < 1.29 is 22.7 Å². The number of aromatic nitrogens is 3. The maximum Gasteiger partial charge on any atom is 0.573 e. The molecule has 0 fully saturated rings. The van der Waals surface area contributed by atoms with Crippen molar-refractivity contribution in [2.45, 2.75) is 6.36 Å². The quantitative estimate of drug-likeness (QED) is 0.628. The largest absolute Gasteiger partial charge is 0.573 e. The van der Waals surface area contributed by atoms with Gasteiger partial charge in [-0.1, -0.05) is 5.73 Å². The van der Waals surface area contributed by atoms with E-state index in [-0.39, 0.29) is 11.5 Å². The number of H-pyrrole nitrogens is 1. The summed E-state index contributed by atoms with van der Waals surface area (Å²) in [4.78, 5) is 25.1. The van der Waals surface area contributed by atoms with Crippen LogP contribution in [0.15, 0.2) is 66.3 Å². The summed E-state index contributed by atoms with van der Waals surface area (Å²) in [5.41, 5.74) is 7.69. The van der Waals surface area contributed by atoms with Crippen LogP contribution in [0.5, 0.6) is 0 Å². The van der Waals surface area contributed by atoms with E-state index < -0.39 is 12.1 Å². The predicted molar refractivity (Wildman–Crippen MR) is 108 cm³/mol. The Bertz CT molecular complexity index is 1320. The van der Waals surface area contributed by atoms with Gasteiger partial charge < -0.3 is 14.6 Å². The third kappa shape index (κ3) is 4.14. The lowest BCUT2D eigenvalue weighted by atomic mass is 10.00. The topological polar surface area (TPSA) is 71.1 Å². The van der Waals surface area contributed by atoms with Crippen LogP contribution in [0.1, 0.15) is 15.9 Å². The Morgan fingerprint density at radius 1 is 1.16 bits per heavy atom. The van der Waals surface area contributed by atoms with Gasteiger partial charge in [-0.15, -0.1) is 13.2 Å². The van der Waals surface area contributed by atoms with E-state index in [1.54, 1.807) is 44.8 Å². The zero-order valence-corrected chi connectivity index (χ0v) is 16.4. The van der Waals surface area contributed by atoms with Crippen LogP contribution in [0.2, 0.25) is 0 Å². The number of nitrogens with one attached hydrogen (secondary N) is 1. The molecule has 0 saturated heterocycles. The van der Waals surface area contributed by atoms with Crippen LogP contribution < -0.4 is 0 Å². The minimum atomic E-state index is -4.86. The Morgan fingerprint density at radius 2 is 1.94 bits per heavy atom. The molecule has 3 heterocycles. The molecule has 9 heteroatoms. The van der Waals surface area contributed by atoms with Crippen molar-refractivity contribution >= 4 is 22.5 Å². The predicted octanol–water partition coefficient (Wildman–Crippen LogP) is 4.45. The maximum atomic E-state index is 12.8. The molecular weight excluding hydrogens is 409 g/mol. The Hall–Kier alpha value is -4.06. The van der Waals surface area contributed by atoms with Gasteiger partial charge in [0.2, 0.25) is 0 Å². The first-order chi connectivity index (χ1) is 14.7. The highest BCUT2D eigenvalue weighted by Crippen LogP contribution is 2.35. The fourth-order valence-corrected chi connectivity index (χ4v) is 3.14. The average molecular weight is 424 g/mol. The van der Waals surface area contributed by atoms with Crippen LogP contribution in [-0.4, -0.2) is 46.2 Å². The van der Waals surface area contributed by atoms with E-state index in [0.29, 0.717) is 33.3 Å². The summed E-state index contributed by atoms with van der Waals surface area (Å²) in [6.45, 7) is 0. The fourth-order valence-electron chi connectivity index (χ4n) is 3.14. The number of pyridine rings is 2. The molecule has 0 aromatic carbocycles. The number of rotatable bonds is 4. The van der Waals surface area contributed by atoms with Gasteiger partial charge in [-0.05, 0) is 30.0 Å². The van der Waals surface area contributed by atoms with Crippen LogP contribution in [0, 0.1) is 0 Å². The molecule has 0 radical (unpaired) electrons. The third-order valence-corrected chi connectivity index (χ3v) is 4.53. The van der Waals surface area contributed by atoms with Crippen molar-refractivity contribution in [2.24, 2.45) is 0 Å². The number of hydrogen-bond donors (Lipinski definition) is 1. The Labute approximate surface area is 174 Å². The van der Waals surface area contributed by atoms with Gasteiger partial charge in [0.1, 0.15) is 5.65 Å². The first kappa shape index (κ1) is 20.2. The summed E-state index contributed by atoms with van der Waals surface area (Å²) in [5.74, 6) is -0.683. The zero-order valence-electron chi connectivity index (χ0n) is 16.4. The molecule has 156 valence electrons. The standard InChI is InChI=1S/C22H15F3N4O2/c1-29(2)21(30)15-7-13(9-26-10-15)14-8-17-18(12-28-20(17)27-11-14)16-5-3-4-6-19(16)31-22(23,24)25/h3,5,7-12H,1-2H3,(H,27,28). The van der Waals surface area contributed by atoms with Crippen molar-refractivity contribution in [1.82, 2.24) is 19.9 Å². The number of nitrogens with zero attached hydrogens (tertiary/aromatic N) is 3. The highest BCUT2D eigenvalue weighted by atomic mass is 19.4. The molecule has 1 aliphatic carbocycles. The molecular formula is C22H15F3N4O2. The van der Waals surface area contributed by atoms with Crippen LogP contribution in [0.4, 0.5) is 13.2 Å². The van der Waals surface area contributed by atoms with Crippen LogP contribution in [0.25, 0.3) is 27.7 Å². The summed E-state index contributed by atoms with van der Waals surface area (Å²) in [6, 6.07) is 3.46. The number of amides is 1. The van der Waals surface area contributed by atoms with E-state index in [2.05, 4.69) is 31.2 Å². The third-order valence-electron chi connectivity index (χ3n) is 4.53. The van der Waals surface area contributed by atoms with E-state index in [9.17, 15) is 18.0 Å². The van der Waals surface area contributed by atoms with E-state index in [1.165, 1.54) is 23.2 Å². The summed E-state index contributed by atoms with van der Waals surface area (Å²) in [6.07, 6.45) is 4.27. The molecule has 1 N–H and O–H groups in total. The number of ether oxygens (including phenoxy) is 1. The number of halogens is 3. The van der Waals surface area contributed by atoms with E-state index in [4.69, 9.17) is 0 Å². The SMILES string of the molecule is CN(C)C(=O)c1cncc(-c2cnc3[nH]cc(C4=CC=C=C=C4OC(F)(F)F)c3c2)c1. The highest BCUT2D eigenvalue weighted by Gasteiger charge is 2.34. The minimum absolute atomic E-state index is 0.191. The molecule has 0 saturated carbocycles. The lowest BCUT2D eigenvalue weighted by Crippen LogP contribution is -2.21. The molecule has 3 aromatic rings. The first-order valence-electron chi connectivity index (χ1n) is 9.05. The smallest absolute Gasteiger partial charge is 0.397 e. The number of carbonyl (C=O) groups is 1. The summed E-state index contributed by atoms with van der Waals surface area (Å²) < 4.78 is 42.5. The number of allylic oxidation sites excluding steroid dienone is 3. The second kappa shape index (κ2) is 7.65. The molecule has 0 atom stereocenters. The van der Waals surface area contributed by atoms with Gasteiger partial charge in [-0.2, -0.15) is 0 Å². The summed E-state index contributed by atoms with van der Waals surface area (Å²) in [7, 11) is 3.28. The zero-order chi connectivity index (χ0) is 22.2. The van der Waals surface area contributed by atoms with E-state index in [1.807, 2.05) is 0 Å². The number of hydrogen-bond acceptors (Lipinski definition) is 4. The average Bonchev–Trinajstić information content (AvgIpc) is 3.15. The molecule has 6 nitrogen and oxygen atoms in total. The van der Waals surface area contributed by atoms with Crippen molar-refractivity contribution in [1.29, 1.82) is 0 Å². The Balaban J connectivity index is 1.77. The molecule has 0 spiro atoms. The minimum Gasteiger partial charge on any atom is -0.397 e. The number of carbonyl (C=O) groups excluding carboxylic acids is 1. The molecule has 31 heavy (non-hydrogen) atoms. The number of fused-ring (bicyclic) bond motifs is 1. The van der Waals surface area contributed by atoms with Gasteiger partial charge in [-0.3, -0.25) is 9.78 Å². The Morgan fingerprint density at radius 3 is 2.68 bits per heavy atom. The molecule has 0 unspecified atom stereocenters. The second-order valence-electron chi connectivity index (χ2n) is 6.88. The monoisotopic (exact) mass is 424 g/mol. The molecule has 0 aliphatic heterocycles. The highest BCUT2D eigenvalue weighted by molar-refractivity contribution is 5.98. The summed E-state index contributed by atoms with van der Waals surface area (Å²) in [5, 5.41) is 0.577. The van der Waals surface area contributed by atoms with Crippen molar-refractivity contribution in [2.75, 3.05) is 14.1 Å². The molecule has 4 rings (SSSR count). The van der Waals surface area contributed by atoms with Gasteiger partial charge in [0.15, 0.2) is 5.76 Å². The van der Waals surface area contributed by atoms with Crippen molar-refractivity contribution in [3.63, 3.8) is 0 Å². The van der Waals surface area contributed by atoms with Crippen LogP contribution in [-0.2, 0) is 4.74 Å². The van der Waals surface area contributed by atoms with E-state index >= 15 is 0 Å².